The Morgan fingerprint density at radius 3 is 2.20 bits per heavy atom. The predicted molar refractivity (Wildman–Crippen MR) is 111 cm³/mol. The fourth-order valence-electron chi connectivity index (χ4n) is 3.92. The molecule has 0 radical (unpaired) electrons. The second kappa shape index (κ2) is 7.15. The zero-order valence-corrected chi connectivity index (χ0v) is 16.0. The van der Waals surface area contributed by atoms with E-state index in [-0.39, 0.29) is 23.8 Å². The third kappa shape index (κ3) is 2.93. The fourth-order valence-corrected chi connectivity index (χ4v) is 3.92. The molecule has 148 valence electrons. The number of fused-ring (bicyclic) bond motifs is 2. The first kappa shape index (κ1) is 18.1. The lowest BCUT2D eigenvalue weighted by Gasteiger charge is -2.26. The summed E-state index contributed by atoms with van der Waals surface area (Å²) in [5.74, 6) is -0.140. The number of imide groups is 1. The highest BCUT2D eigenvalue weighted by molar-refractivity contribution is 6.34. The molecule has 3 aromatic carbocycles. The Kier molecular flexibility index (Phi) is 4.32. The molecule has 0 aliphatic carbocycles. The quantitative estimate of drug-likeness (QED) is 0.682. The van der Waals surface area contributed by atoms with Crippen molar-refractivity contribution < 1.29 is 19.1 Å². The van der Waals surface area contributed by atoms with Crippen molar-refractivity contribution >= 4 is 23.4 Å². The highest BCUT2D eigenvalue weighted by atomic mass is 16.5. The molecule has 0 aromatic heterocycles. The maximum Gasteiger partial charge on any atom is 0.266 e. The van der Waals surface area contributed by atoms with Crippen molar-refractivity contribution in [2.75, 3.05) is 11.5 Å². The molecule has 3 amide bonds. The normalized spacial score (nSPS) is 17.2. The van der Waals surface area contributed by atoms with E-state index in [1.807, 2.05) is 24.3 Å². The molecule has 0 spiro atoms. The summed E-state index contributed by atoms with van der Waals surface area (Å²) in [5, 5.41) is 3.05. The molecule has 6 nitrogen and oxygen atoms in total. The first-order chi connectivity index (χ1) is 14.6. The molecular weight excluding hydrogens is 380 g/mol. The Balaban J connectivity index is 1.35. The van der Waals surface area contributed by atoms with Crippen LogP contribution in [0.2, 0.25) is 0 Å². The van der Waals surface area contributed by atoms with E-state index in [4.69, 9.17) is 4.74 Å². The Bertz CT molecular complexity index is 1130. The minimum absolute atomic E-state index is 0.127. The van der Waals surface area contributed by atoms with Crippen LogP contribution in [0.25, 0.3) is 0 Å². The summed E-state index contributed by atoms with van der Waals surface area (Å²) in [6.45, 7) is 0.542. The summed E-state index contributed by atoms with van der Waals surface area (Å²) in [7, 11) is 0. The number of hydrogen-bond donors (Lipinski definition) is 1. The maximum atomic E-state index is 12.8. The molecule has 0 saturated carbocycles. The van der Waals surface area contributed by atoms with Gasteiger partial charge in [-0.15, -0.1) is 0 Å². The van der Waals surface area contributed by atoms with Gasteiger partial charge in [-0.1, -0.05) is 30.3 Å². The lowest BCUT2D eigenvalue weighted by atomic mass is 10.00. The number of benzene rings is 3. The van der Waals surface area contributed by atoms with Gasteiger partial charge in [-0.05, 0) is 42.5 Å². The van der Waals surface area contributed by atoms with Crippen molar-refractivity contribution in [1.29, 1.82) is 0 Å². The first-order valence-electron chi connectivity index (χ1n) is 9.74. The van der Waals surface area contributed by atoms with Crippen LogP contribution in [-0.4, -0.2) is 24.3 Å². The van der Waals surface area contributed by atoms with Crippen LogP contribution >= 0.6 is 0 Å². The summed E-state index contributed by atoms with van der Waals surface area (Å²) in [6.07, 6.45) is 0.690. The fraction of sp³-hybridized carbons (Fsp3) is 0.125. The number of ether oxygens (including phenoxy) is 1. The van der Waals surface area contributed by atoms with E-state index in [1.165, 1.54) is 0 Å². The van der Waals surface area contributed by atoms with E-state index in [0.717, 1.165) is 16.2 Å². The van der Waals surface area contributed by atoms with Crippen LogP contribution in [0.5, 0.6) is 5.75 Å². The summed E-state index contributed by atoms with van der Waals surface area (Å²) in [6, 6.07) is 20.8. The molecule has 30 heavy (non-hydrogen) atoms. The van der Waals surface area contributed by atoms with E-state index in [1.54, 1.807) is 48.5 Å². The third-order valence-electron chi connectivity index (χ3n) is 5.45. The van der Waals surface area contributed by atoms with Crippen LogP contribution in [0.1, 0.15) is 49.1 Å². The third-order valence-corrected chi connectivity index (χ3v) is 5.45. The molecule has 1 unspecified atom stereocenters. The van der Waals surface area contributed by atoms with Gasteiger partial charge in [0.1, 0.15) is 5.75 Å². The Labute approximate surface area is 173 Å². The Morgan fingerprint density at radius 1 is 0.867 bits per heavy atom. The van der Waals surface area contributed by atoms with Gasteiger partial charge in [-0.2, -0.15) is 0 Å². The van der Waals surface area contributed by atoms with Gasteiger partial charge in [-0.25, -0.2) is 4.90 Å². The highest BCUT2D eigenvalue weighted by Gasteiger charge is 2.36. The lowest BCUT2D eigenvalue weighted by Crippen LogP contribution is -2.32. The van der Waals surface area contributed by atoms with Crippen LogP contribution in [0, 0.1) is 0 Å². The monoisotopic (exact) mass is 398 g/mol. The van der Waals surface area contributed by atoms with Gasteiger partial charge in [0, 0.05) is 17.5 Å². The van der Waals surface area contributed by atoms with Crippen molar-refractivity contribution in [2.24, 2.45) is 0 Å². The second-order valence-electron chi connectivity index (χ2n) is 7.24. The number of para-hydroxylation sites is 1. The lowest BCUT2D eigenvalue weighted by molar-refractivity contribution is 0.0915. The molecule has 3 aromatic rings. The van der Waals surface area contributed by atoms with Gasteiger partial charge in [0.05, 0.1) is 29.5 Å². The number of carbonyl (C=O) groups excluding carboxylic acids is 3. The van der Waals surface area contributed by atoms with Crippen molar-refractivity contribution in [3.8, 4) is 5.75 Å². The Hall–Kier alpha value is -3.93. The van der Waals surface area contributed by atoms with Crippen LogP contribution in [0.3, 0.4) is 0 Å². The average Bonchev–Trinajstić information content (AvgIpc) is 3.04. The zero-order valence-electron chi connectivity index (χ0n) is 16.0. The molecule has 1 atom stereocenters. The molecule has 1 N–H and O–H groups in total. The van der Waals surface area contributed by atoms with Gasteiger partial charge in [0.25, 0.3) is 17.7 Å². The largest absolute Gasteiger partial charge is 0.493 e. The van der Waals surface area contributed by atoms with E-state index < -0.39 is 0 Å². The summed E-state index contributed by atoms with van der Waals surface area (Å²) in [5.41, 5.74) is 2.64. The number of amides is 3. The average molecular weight is 398 g/mol. The van der Waals surface area contributed by atoms with Crippen LogP contribution in [0.4, 0.5) is 5.69 Å². The Morgan fingerprint density at radius 2 is 1.50 bits per heavy atom. The van der Waals surface area contributed by atoms with Crippen molar-refractivity contribution in [1.82, 2.24) is 5.32 Å². The van der Waals surface area contributed by atoms with Crippen molar-refractivity contribution in [2.45, 2.75) is 12.5 Å². The van der Waals surface area contributed by atoms with E-state index in [0.29, 0.717) is 35.4 Å². The van der Waals surface area contributed by atoms with Gasteiger partial charge in [0.15, 0.2) is 0 Å². The van der Waals surface area contributed by atoms with Gasteiger partial charge in [0.2, 0.25) is 0 Å². The topological polar surface area (TPSA) is 75.7 Å². The smallest absolute Gasteiger partial charge is 0.266 e. The second-order valence-corrected chi connectivity index (χ2v) is 7.24. The minimum Gasteiger partial charge on any atom is -0.493 e. The van der Waals surface area contributed by atoms with Gasteiger partial charge >= 0.3 is 0 Å². The number of nitrogens with one attached hydrogen (secondary N) is 1. The van der Waals surface area contributed by atoms with Crippen molar-refractivity contribution in [3.63, 3.8) is 0 Å². The molecular formula is C24H18N2O4. The number of carbonyl (C=O) groups is 3. The summed E-state index contributed by atoms with van der Waals surface area (Å²) >= 11 is 0. The molecule has 0 bridgehead atoms. The number of hydrogen-bond acceptors (Lipinski definition) is 4. The maximum absolute atomic E-state index is 12.8. The van der Waals surface area contributed by atoms with Crippen LogP contribution in [-0.2, 0) is 0 Å². The van der Waals surface area contributed by atoms with Crippen LogP contribution < -0.4 is 15.0 Å². The first-order valence-corrected chi connectivity index (χ1v) is 9.74. The van der Waals surface area contributed by atoms with Gasteiger partial charge < -0.3 is 10.1 Å². The van der Waals surface area contributed by atoms with E-state index in [9.17, 15) is 14.4 Å². The molecule has 0 fully saturated rings. The number of nitrogens with zero attached hydrogens (tertiary/aromatic N) is 1. The zero-order chi connectivity index (χ0) is 20.7. The van der Waals surface area contributed by atoms with Gasteiger partial charge in [-0.3, -0.25) is 14.4 Å². The molecule has 6 heteroatoms. The molecule has 5 rings (SSSR count). The highest BCUT2D eigenvalue weighted by Crippen LogP contribution is 2.32. The molecule has 2 aliphatic rings. The minimum atomic E-state index is -0.355. The molecule has 2 aliphatic heterocycles. The van der Waals surface area contributed by atoms with E-state index in [2.05, 4.69) is 5.32 Å². The summed E-state index contributed by atoms with van der Waals surface area (Å²) in [4.78, 5) is 39.1. The SMILES string of the molecule is O=C(NC1CCOc2ccccc21)c1ccc(N2C(=O)c3ccccc3C2=O)cc1. The van der Waals surface area contributed by atoms with Crippen LogP contribution in [0.15, 0.2) is 72.8 Å². The molecule has 2 heterocycles. The van der Waals surface area contributed by atoms with Crippen molar-refractivity contribution in [3.05, 3.63) is 95.1 Å². The standard InChI is InChI=1S/C24H18N2O4/c27-22(25-20-13-14-30-21-8-4-3-7-19(20)21)15-9-11-16(12-10-15)26-23(28)17-5-1-2-6-18(17)24(26)29/h1-12,20H,13-14H2,(H,25,27). The summed E-state index contributed by atoms with van der Waals surface area (Å²) < 4.78 is 5.64. The van der Waals surface area contributed by atoms with E-state index >= 15 is 0 Å². The number of rotatable bonds is 3. The number of anilines is 1. The predicted octanol–water partition coefficient (Wildman–Crippen LogP) is 3.74. The molecule has 0 saturated heterocycles.